The van der Waals surface area contributed by atoms with Gasteiger partial charge in [-0.25, -0.2) is 4.98 Å². The van der Waals surface area contributed by atoms with Crippen LogP contribution in [0.4, 0.5) is 0 Å². The Balaban J connectivity index is 1.35. The Morgan fingerprint density at radius 3 is 2.83 bits per heavy atom. The quantitative estimate of drug-likeness (QED) is 0.807. The lowest BCUT2D eigenvalue weighted by atomic mass is 9.84. The number of aromatic amines is 1. The second-order valence-corrected chi connectivity index (χ2v) is 8.78. The summed E-state index contributed by atoms with van der Waals surface area (Å²) in [7, 11) is 0. The Morgan fingerprint density at radius 2 is 2.12 bits per heavy atom. The third-order valence-electron chi connectivity index (χ3n) is 5.83. The smallest absolute Gasteiger partial charge is 0.233 e. The number of hydrogen-bond acceptors (Lipinski definition) is 3. The maximum Gasteiger partial charge on any atom is 0.233 e. The van der Waals surface area contributed by atoms with Crippen LogP contribution in [0.3, 0.4) is 0 Å². The molecule has 0 saturated heterocycles. The summed E-state index contributed by atoms with van der Waals surface area (Å²) in [4.78, 5) is 20.4. The average Bonchev–Trinajstić information content (AvgIpc) is 3.28. The van der Waals surface area contributed by atoms with E-state index in [0.717, 1.165) is 28.0 Å². The number of thioether (sulfide) groups is 1. The minimum Gasteiger partial charge on any atom is -0.352 e. The number of nitrogens with zero attached hydrogens (tertiary/aromatic N) is 1. The van der Waals surface area contributed by atoms with Crippen molar-refractivity contribution in [3.05, 3.63) is 24.3 Å². The van der Waals surface area contributed by atoms with Crippen LogP contribution in [-0.2, 0) is 4.79 Å². The molecule has 4 nitrogen and oxygen atoms in total. The number of H-pyrrole nitrogens is 1. The second-order valence-electron chi connectivity index (χ2n) is 7.46. The maximum atomic E-state index is 12.6. The van der Waals surface area contributed by atoms with Gasteiger partial charge in [-0.05, 0) is 63.0 Å². The number of imidazole rings is 1. The molecule has 0 spiro atoms. The molecule has 2 aliphatic carbocycles. The van der Waals surface area contributed by atoms with E-state index in [2.05, 4.69) is 22.2 Å². The Labute approximate surface area is 147 Å². The number of rotatable bonds is 5. The normalized spacial score (nSPS) is 28.2. The van der Waals surface area contributed by atoms with Gasteiger partial charge in [0.1, 0.15) is 0 Å². The van der Waals surface area contributed by atoms with Gasteiger partial charge in [-0.1, -0.05) is 30.3 Å². The average molecular weight is 343 g/mol. The largest absolute Gasteiger partial charge is 0.352 e. The molecule has 1 aromatic heterocycles. The molecule has 5 heteroatoms. The molecule has 0 radical (unpaired) electrons. The first-order valence-electron chi connectivity index (χ1n) is 9.02. The highest BCUT2D eigenvalue weighted by atomic mass is 32.2. The number of nitrogens with one attached hydrogen (secondary N) is 2. The standard InChI is InChI=1S/C19H25N3OS/c1-11(15-10-13-7-8-14(15)9-13)20-18(23)12(2)24-19-21-16-5-3-4-6-17(16)22-19/h3-6,11-15H,7-10H2,1-2H3,(H,20,23)(H,21,22)/t11-,12-,13+,14+,15-/m0/s1. The van der Waals surface area contributed by atoms with Gasteiger partial charge in [0.25, 0.3) is 0 Å². The summed E-state index contributed by atoms with van der Waals surface area (Å²) in [6, 6.07) is 8.24. The molecule has 1 aromatic carbocycles. The predicted octanol–water partition coefficient (Wildman–Crippen LogP) is 3.98. The second kappa shape index (κ2) is 6.43. The van der Waals surface area contributed by atoms with Gasteiger partial charge in [-0.2, -0.15) is 0 Å². The molecule has 1 heterocycles. The zero-order valence-corrected chi connectivity index (χ0v) is 15.1. The van der Waals surface area contributed by atoms with Gasteiger partial charge in [0.05, 0.1) is 16.3 Å². The van der Waals surface area contributed by atoms with Gasteiger partial charge < -0.3 is 10.3 Å². The Hall–Kier alpha value is -1.49. The fourth-order valence-electron chi connectivity index (χ4n) is 4.56. The number of benzene rings is 1. The van der Waals surface area contributed by atoms with E-state index in [1.165, 1.54) is 37.4 Å². The number of fused-ring (bicyclic) bond motifs is 3. The summed E-state index contributed by atoms with van der Waals surface area (Å²) in [5, 5.41) is 3.92. The molecule has 0 unspecified atom stereocenters. The van der Waals surface area contributed by atoms with E-state index in [1.807, 2.05) is 31.2 Å². The predicted molar refractivity (Wildman–Crippen MR) is 98.0 cm³/mol. The maximum absolute atomic E-state index is 12.6. The van der Waals surface area contributed by atoms with E-state index in [-0.39, 0.29) is 17.2 Å². The molecule has 5 atom stereocenters. The third kappa shape index (κ3) is 3.06. The lowest BCUT2D eigenvalue weighted by molar-refractivity contribution is -0.121. The first-order valence-corrected chi connectivity index (χ1v) is 9.90. The molecule has 1 amide bonds. The van der Waals surface area contributed by atoms with Crippen LogP contribution < -0.4 is 5.32 Å². The third-order valence-corrected chi connectivity index (χ3v) is 6.81. The van der Waals surface area contributed by atoms with Gasteiger partial charge in [0, 0.05) is 6.04 Å². The lowest BCUT2D eigenvalue weighted by Crippen LogP contribution is -2.43. The van der Waals surface area contributed by atoms with Crippen molar-refractivity contribution in [2.45, 2.75) is 56.0 Å². The van der Waals surface area contributed by atoms with E-state index in [9.17, 15) is 4.79 Å². The van der Waals surface area contributed by atoms with Crippen molar-refractivity contribution in [2.75, 3.05) is 0 Å². The molecule has 2 bridgehead atoms. The summed E-state index contributed by atoms with van der Waals surface area (Å²) >= 11 is 1.50. The topological polar surface area (TPSA) is 57.8 Å². The van der Waals surface area contributed by atoms with E-state index in [4.69, 9.17) is 0 Å². The van der Waals surface area contributed by atoms with Crippen molar-refractivity contribution in [3.8, 4) is 0 Å². The van der Waals surface area contributed by atoms with Gasteiger partial charge in [-0.3, -0.25) is 4.79 Å². The van der Waals surface area contributed by atoms with Crippen molar-refractivity contribution < 1.29 is 4.79 Å². The molecule has 0 aliphatic heterocycles. The minimum absolute atomic E-state index is 0.121. The molecule has 2 aliphatic rings. The zero-order chi connectivity index (χ0) is 16.7. The van der Waals surface area contributed by atoms with Gasteiger partial charge in [0.15, 0.2) is 5.16 Å². The Bertz CT molecular complexity index is 710. The van der Waals surface area contributed by atoms with Crippen LogP contribution in [0, 0.1) is 17.8 Å². The lowest BCUT2D eigenvalue weighted by Gasteiger charge is -2.29. The summed E-state index contributed by atoms with van der Waals surface area (Å²) in [6.45, 7) is 4.14. The van der Waals surface area contributed by atoms with Crippen molar-refractivity contribution >= 4 is 28.7 Å². The van der Waals surface area contributed by atoms with Gasteiger partial charge >= 0.3 is 0 Å². The first kappa shape index (κ1) is 16.0. The molecule has 2 saturated carbocycles. The van der Waals surface area contributed by atoms with E-state index < -0.39 is 0 Å². The van der Waals surface area contributed by atoms with Crippen molar-refractivity contribution in [2.24, 2.45) is 17.8 Å². The highest BCUT2D eigenvalue weighted by molar-refractivity contribution is 8.00. The number of carbonyl (C=O) groups excluding carboxylic acids is 1. The molecule has 2 fully saturated rings. The molecule has 24 heavy (non-hydrogen) atoms. The number of hydrogen-bond donors (Lipinski definition) is 2. The van der Waals surface area contributed by atoms with Crippen LogP contribution in [0.1, 0.15) is 39.5 Å². The van der Waals surface area contributed by atoms with Crippen molar-refractivity contribution in [1.82, 2.24) is 15.3 Å². The Kier molecular flexibility index (Phi) is 4.29. The van der Waals surface area contributed by atoms with Crippen LogP contribution in [0.15, 0.2) is 29.4 Å². The zero-order valence-electron chi connectivity index (χ0n) is 14.3. The van der Waals surface area contributed by atoms with E-state index in [1.54, 1.807) is 0 Å². The van der Waals surface area contributed by atoms with Crippen LogP contribution in [0.2, 0.25) is 0 Å². The van der Waals surface area contributed by atoms with Crippen LogP contribution in [0.5, 0.6) is 0 Å². The monoisotopic (exact) mass is 343 g/mol. The van der Waals surface area contributed by atoms with E-state index >= 15 is 0 Å². The molecule has 128 valence electrons. The minimum atomic E-state index is -0.147. The summed E-state index contributed by atoms with van der Waals surface area (Å²) in [5.74, 6) is 2.55. The molecule has 4 rings (SSSR count). The van der Waals surface area contributed by atoms with Crippen LogP contribution in [-0.4, -0.2) is 27.2 Å². The van der Waals surface area contributed by atoms with Crippen molar-refractivity contribution in [3.63, 3.8) is 0 Å². The molecule has 2 N–H and O–H groups in total. The Morgan fingerprint density at radius 1 is 1.29 bits per heavy atom. The number of amides is 1. The fourth-order valence-corrected chi connectivity index (χ4v) is 5.39. The summed E-state index contributed by atoms with van der Waals surface area (Å²) in [6.07, 6.45) is 5.45. The van der Waals surface area contributed by atoms with Gasteiger partial charge in [-0.15, -0.1) is 0 Å². The summed E-state index contributed by atoms with van der Waals surface area (Å²) < 4.78 is 0. The highest BCUT2D eigenvalue weighted by Gasteiger charge is 2.42. The first-order chi connectivity index (χ1) is 11.6. The van der Waals surface area contributed by atoms with Gasteiger partial charge in [0.2, 0.25) is 5.91 Å². The van der Waals surface area contributed by atoms with Crippen LogP contribution >= 0.6 is 11.8 Å². The SMILES string of the molecule is C[C@H](Sc1nc2ccccc2[nH]1)C(=O)N[C@@H](C)[C@@H]1C[C@@H]2CC[C@@H]1C2. The summed E-state index contributed by atoms with van der Waals surface area (Å²) in [5.41, 5.74) is 1.96. The fraction of sp³-hybridized carbons (Fsp3) is 0.579. The van der Waals surface area contributed by atoms with E-state index in [0.29, 0.717) is 5.92 Å². The molecular formula is C19H25N3OS. The molecular weight excluding hydrogens is 318 g/mol. The van der Waals surface area contributed by atoms with Crippen molar-refractivity contribution in [1.29, 1.82) is 0 Å². The van der Waals surface area contributed by atoms with Crippen LogP contribution in [0.25, 0.3) is 11.0 Å². The highest BCUT2D eigenvalue weighted by Crippen LogP contribution is 2.49. The molecule has 2 aromatic rings. The number of carbonyl (C=O) groups is 1. The number of aromatic nitrogens is 2. The number of para-hydroxylation sites is 2.